The molecular formula is C21H25N5O2. The zero-order valence-electron chi connectivity index (χ0n) is 16.2. The molecule has 4 rings (SSSR count). The van der Waals surface area contributed by atoms with E-state index in [4.69, 9.17) is 0 Å². The molecule has 146 valence electrons. The van der Waals surface area contributed by atoms with Gasteiger partial charge in [0.15, 0.2) is 0 Å². The second-order valence-corrected chi connectivity index (χ2v) is 7.53. The molecule has 2 N–H and O–H groups in total. The van der Waals surface area contributed by atoms with Crippen molar-refractivity contribution >= 4 is 23.3 Å². The summed E-state index contributed by atoms with van der Waals surface area (Å²) in [5, 5.41) is 4.63. The summed E-state index contributed by atoms with van der Waals surface area (Å²) >= 11 is 0. The average Bonchev–Trinajstić information content (AvgIpc) is 3.04. The van der Waals surface area contributed by atoms with Crippen LogP contribution in [0.2, 0.25) is 0 Å². The quantitative estimate of drug-likeness (QED) is 0.860. The minimum absolute atomic E-state index is 0.0304. The highest BCUT2D eigenvalue weighted by Gasteiger charge is 2.45. The van der Waals surface area contributed by atoms with E-state index < -0.39 is 5.66 Å². The van der Waals surface area contributed by atoms with Gasteiger partial charge < -0.3 is 15.1 Å². The fourth-order valence-electron chi connectivity index (χ4n) is 3.74. The van der Waals surface area contributed by atoms with Gasteiger partial charge in [0.25, 0.3) is 5.91 Å². The van der Waals surface area contributed by atoms with E-state index in [0.29, 0.717) is 31.5 Å². The number of nitrogens with zero attached hydrogens (tertiary/aromatic N) is 3. The maximum Gasteiger partial charge on any atom is 0.338 e. The van der Waals surface area contributed by atoms with Gasteiger partial charge in [-0.05, 0) is 30.3 Å². The zero-order valence-corrected chi connectivity index (χ0v) is 16.2. The molecule has 0 bridgehead atoms. The van der Waals surface area contributed by atoms with Crippen molar-refractivity contribution in [2.45, 2.75) is 18.5 Å². The molecule has 7 nitrogen and oxygen atoms in total. The highest BCUT2D eigenvalue weighted by Crippen LogP contribution is 2.28. The Morgan fingerprint density at radius 1 is 1.04 bits per heavy atom. The molecule has 2 saturated heterocycles. The summed E-state index contributed by atoms with van der Waals surface area (Å²) in [5.41, 5.74) is 5.31. The second-order valence-electron chi connectivity index (χ2n) is 7.53. The summed E-state index contributed by atoms with van der Waals surface area (Å²) in [6.45, 7) is 1.17. The van der Waals surface area contributed by atoms with Crippen molar-refractivity contribution in [1.29, 1.82) is 0 Å². The largest absolute Gasteiger partial charge is 0.378 e. The van der Waals surface area contributed by atoms with Gasteiger partial charge >= 0.3 is 6.03 Å². The molecule has 2 aromatic carbocycles. The van der Waals surface area contributed by atoms with Gasteiger partial charge in [0.05, 0.1) is 5.69 Å². The summed E-state index contributed by atoms with van der Waals surface area (Å²) < 4.78 is 0. The Labute approximate surface area is 164 Å². The van der Waals surface area contributed by atoms with E-state index in [1.807, 2.05) is 78.5 Å². The van der Waals surface area contributed by atoms with Gasteiger partial charge in [-0.2, -0.15) is 0 Å². The zero-order chi connectivity index (χ0) is 19.7. The molecule has 1 spiro atoms. The number of hydrazine groups is 1. The fourth-order valence-corrected chi connectivity index (χ4v) is 3.74. The van der Waals surface area contributed by atoms with E-state index in [2.05, 4.69) is 10.7 Å². The standard InChI is InChI=1S/C21H25N5O2/c1-24(2)18-10-6-7-16(15-18)19(27)25-13-11-21(12-14-25)22-20(28)26(23-21)17-8-4-3-5-9-17/h3-10,15,23H,11-14H2,1-2H3,(H,22,28). The molecule has 2 aliphatic heterocycles. The number of nitrogens with one attached hydrogen (secondary N) is 2. The number of carbonyl (C=O) groups excluding carboxylic acids is 2. The molecule has 0 saturated carbocycles. The Morgan fingerprint density at radius 2 is 1.75 bits per heavy atom. The lowest BCUT2D eigenvalue weighted by Crippen LogP contribution is -2.58. The fraction of sp³-hybridized carbons (Fsp3) is 0.333. The highest BCUT2D eigenvalue weighted by atomic mass is 16.2. The van der Waals surface area contributed by atoms with E-state index in [1.54, 1.807) is 5.01 Å². The molecule has 0 unspecified atom stereocenters. The molecule has 2 fully saturated rings. The van der Waals surface area contributed by atoms with Crippen molar-refractivity contribution in [3.05, 3.63) is 60.2 Å². The number of para-hydroxylation sites is 1. The number of rotatable bonds is 3. The number of carbonyl (C=O) groups is 2. The smallest absolute Gasteiger partial charge is 0.338 e. The molecule has 7 heteroatoms. The maximum atomic E-state index is 12.9. The van der Waals surface area contributed by atoms with Crippen LogP contribution in [0.1, 0.15) is 23.2 Å². The van der Waals surface area contributed by atoms with Crippen LogP contribution in [0, 0.1) is 0 Å². The third-order valence-corrected chi connectivity index (χ3v) is 5.40. The monoisotopic (exact) mass is 379 g/mol. The van der Waals surface area contributed by atoms with Gasteiger partial charge in [0.2, 0.25) is 0 Å². The highest BCUT2D eigenvalue weighted by molar-refractivity contribution is 5.96. The predicted molar refractivity (Wildman–Crippen MR) is 109 cm³/mol. The lowest BCUT2D eigenvalue weighted by Gasteiger charge is -2.39. The summed E-state index contributed by atoms with van der Waals surface area (Å²) in [4.78, 5) is 29.2. The predicted octanol–water partition coefficient (Wildman–Crippen LogP) is 2.42. The Balaban J connectivity index is 1.43. The number of piperidine rings is 1. The van der Waals surface area contributed by atoms with Gasteiger partial charge in [0, 0.05) is 51.3 Å². The molecule has 2 aliphatic rings. The Hall–Kier alpha value is -3.06. The van der Waals surface area contributed by atoms with E-state index in [1.165, 1.54) is 0 Å². The summed E-state index contributed by atoms with van der Waals surface area (Å²) in [6, 6.07) is 17.0. The second kappa shape index (κ2) is 7.16. The number of hydrogen-bond acceptors (Lipinski definition) is 4. The van der Waals surface area contributed by atoms with Crippen LogP contribution < -0.4 is 20.7 Å². The van der Waals surface area contributed by atoms with Crippen LogP contribution in [-0.2, 0) is 0 Å². The van der Waals surface area contributed by atoms with Crippen LogP contribution in [0.25, 0.3) is 0 Å². The Kier molecular flexibility index (Phi) is 4.68. The van der Waals surface area contributed by atoms with Crippen molar-refractivity contribution in [2.24, 2.45) is 0 Å². The van der Waals surface area contributed by atoms with Crippen molar-refractivity contribution < 1.29 is 9.59 Å². The first-order valence-corrected chi connectivity index (χ1v) is 9.49. The molecule has 0 atom stereocenters. The minimum atomic E-state index is -0.505. The van der Waals surface area contributed by atoms with Crippen LogP contribution in [-0.4, -0.2) is 49.7 Å². The van der Waals surface area contributed by atoms with Crippen LogP contribution in [0.3, 0.4) is 0 Å². The van der Waals surface area contributed by atoms with E-state index in [9.17, 15) is 9.59 Å². The molecule has 0 aliphatic carbocycles. The SMILES string of the molecule is CN(C)c1cccc(C(=O)N2CCC3(CC2)NC(=O)N(c2ccccc2)N3)c1. The topological polar surface area (TPSA) is 67.9 Å². The maximum absolute atomic E-state index is 12.9. The molecule has 3 amide bonds. The lowest BCUT2D eigenvalue weighted by molar-refractivity contribution is 0.0641. The molecule has 0 radical (unpaired) electrons. The first-order valence-electron chi connectivity index (χ1n) is 9.49. The Bertz CT molecular complexity index is 875. The van der Waals surface area contributed by atoms with Gasteiger partial charge in [-0.3, -0.25) is 4.79 Å². The van der Waals surface area contributed by atoms with Crippen molar-refractivity contribution in [3.8, 4) is 0 Å². The Morgan fingerprint density at radius 3 is 2.43 bits per heavy atom. The molecule has 0 aromatic heterocycles. The minimum Gasteiger partial charge on any atom is -0.378 e. The molecule has 2 heterocycles. The summed E-state index contributed by atoms with van der Waals surface area (Å²) in [6.07, 6.45) is 1.31. The third kappa shape index (κ3) is 3.41. The van der Waals surface area contributed by atoms with Crippen molar-refractivity contribution in [1.82, 2.24) is 15.6 Å². The number of amides is 3. The normalized spacial score (nSPS) is 18.3. The third-order valence-electron chi connectivity index (χ3n) is 5.40. The number of likely N-dealkylation sites (tertiary alicyclic amines) is 1. The number of anilines is 2. The van der Waals surface area contributed by atoms with Crippen LogP contribution in [0.15, 0.2) is 54.6 Å². The molecule has 2 aromatic rings. The lowest BCUT2D eigenvalue weighted by atomic mass is 9.97. The van der Waals surface area contributed by atoms with Gasteiger partial charge in [-0.25, -0.2) is 15.2 Å². The van der Waals surface area contributed by atoms with E-state index in [0.717, 1.165) is 11.4 Å². The summed E-state index contributed by atoms with van der Waals surface area (Å²) in [5.74, 6) is 0.0304. The average molecular weight is 379 g/mol. The van der Waals surface area contributed by atoms with Gasteiger partial charge in [0.1, 0.15) is 5.66 Å². The van der Waals surface area contributed by atoms with Crippen LogP contribution in [0.4, 0.5) is 16.2 Å². The summed E-state index contributed by atoms with van der Waals surface area (Å²) in [7, 11) is 3.92. The van der Waals surface area contributed by atoms with Gasteiger partial charge in [-0.1, -0.05) is 24.3 Å². The van der Waals surface area contributed by atoms with Crippen LogP contribution in [0.5, 0.6) is 0 Å². The first kappa shape index (κ1) is 18.3. The van der Waals surface area contributed by atoms with Crippen LogP contribution >= 0.6 is 0 Å². The van der Waals surface area contributed by atoms with Crippen molar-refractivity contribution in [2.75, 3.05) is 37.1 Å². The number of benzene rings is 2. The molecular weight excluding hydrogens is 354 g/mol. The van der Waals surface area contributed by atoms with Crippen molar-refractivity contribution in [3.63, 3.8) is 0 Å². The molecule has 28 heavy (non-hydrogen) atoms. The van der Waals surface area contributed by atoms with E-state index in [-0.39, 0.29) is 11.9 Å². The van der Waals surface area contributed by atoms with E-state index >= 15 is 0 Å². The number of urea groups is 1. The number of hydrogen-bond donors (Lipinski definition) is 2. The first-order chi connectivity index (χ1) is 13.5. The van der Waals surface area contributed by atoms with Gasteiger partial charge in [-0.15, -0.1) is 0 Å².